The molecule has 0 aliphatic rings. The summed E-state index contributed by atoms with van der Waals surface area (Å²) in [5.74, 6) is -1.11. The highest BCUT2D eigenvalue weighted by Gasteiger charge is 2.25. The van der Waals surface area contributed by atoms with Gasteiger partial charge in [-0.1, -0.05) is 39.7 Å². The van der Waals surface area contributed by atoms with Crippen LogP contribution in [0.4, 0.5) is 0 Å². The molecule has 3 N–H and O–H groups in total. The molecule has 0 fully saturated rings. The third kappa shape index (κ3) is 7.74. The minimum Gasteiger partial charge on any atom is -0.368 e. The van der Waals surface area contributed by atoms with Crippen LogP contribution in [0.1, 0.15) is 35.3 Å². The van der Waals surface area contributed by atoms with Crippen LogP contribution in [0.5, 0.6) is 0 Å². The first-order chi connectivity index (χ1) is 14.7. The van der Waals surface area contributed by atoms with Crippen molar-refractivity contribution in [2.45, 2.75) is 32.5 Å². The molecule has 0 bridgehead atoms. The molecule has 2 aromatic rings. The van der Waals surface area contributed by atoms with Gasteiger partial charge in [-0.2, -0.15) is 0 Å². The maximum Gasteiger partial charge on any atom is 0.335 e. The molecule has 0 aliphatic heterocycles. The van der Waals surface area contributed by atoms with Crippen LogP contribution in [-0.4, -0.2) is 31.1 Å². The van der Waals surface area contributed by atoms with Gasteiger partial charge < -0.3 is 20.1 Å². The Hall–Kier alpha value is -1.70. The highest BCUT2D eigenvalue weighted by molar-refractivity contribution is 9.10. The largest absolute Gasteiger partial charge is 0.368 e. The maximum absolute atomic E-state index is 12.7. The number of carbonyl (C=O) groups excluding carboxylic acids is 2. The molecule has 2 amide bonds. The topological polar surface area (TPSA) is 108 Å². The molecular weight excluding hydrogens is 507 g/mol. The number of primary amides is 1. The number of amides is 2. The third-order valence-corrected chi connectivity index (χ3v) is 7.39. The fourth-order valence-corrected chi connectivity index (χ4v) is 5.20. The van der Waals surface area contributed by atoms with Crippen molar-refractivity contribution in [3.63, 3.8) is 0 Å². The van der Waals surface area contributed by atoms with Crippen LogP contribution in [0.25, 0.3) is 0 Å². The van der Waals surface area contributed by atoms with Gasteiger partial charge in [0.25, 0.3) is 5.91 Å². The first kappa shape index (κ1) is 25.6. The van der Waals surface area contributed by atoms with E-state index in [4.69, 9.17) is 26.4 Å². The van der Waals surface area contributed by atoms with Crippen LogP contribution < -0.4 is 11.1 Å². The van der Waals surface area contributed by atoms with Crippen molar-refractivity contribution in [2.24, 2.45) is 5.73 Å². The van der Waals surface area contributed by atoms with Crippen molar-refractivity contribution in [2.75, 3.05) is 13.2 Å². The molecule has 0 aliphatic carbocycles. The molecular formula is C21H25BrClN2O5P. The maximum atomic E-state index is 12.7. The minimum absolute atomic E-state index is 0.100. The van der Waals surface area contributed by atoms with Crippen LogP contribution in [0.15, 0.2) is 46.9 Å². The lowest BCUT2D eigenvalue weighted by Gasteiger charge is -2.18. The fourth-order valence-electron chi connectivity index (χ4n) is 2.89. The number of hydrogen-bond acceptors (Lipinski definition) is 5. The van der Waals surface area contributed by atoms with Gasteiger partial charge in [-0.15, -0.1) is 0 Å². The summed E-state index contributed by atoms with van der Waals surface area (Å²) in [6.07, 6.45) is 0.287. The SMILES string of the molecule is CCOP(=O)(Cc1ccc(C(=O)N[C@@H](Cc2cc(Cl)ccc2Br)C(N)=O)cc1)OCC. The molecule has 2 aromatic carbocycles. The van der Waals surface area contributed by atoms with Gasteiger partial charge >= 0.3 is 7.60 Å². The average molecular weight is 532 g/mol. The summed E-state index contributed by atoms with van der Waals surface area (Å²) < 4.78 is 24.0. The molecule has 0 aromatic heterocycles. The van der Waals surface area contributed by atoms with Gasteiger partial charge in [-0.05, 0) is 55.3 Å². The number of benzene rings is 2. The number of carbonyl (C=O) groups is 2. The van der Waals surface area contributed by atoms with E-state index < -0.39 is 25.5 Å². The summed E-state index contributed by atoms with van der Waals surface area (Å²) >= 11 is 9.43. The van der Waals surface area contributed by atoms with Crippen LogP contribution in [0, 0.1) is 0 Å². The Labute approximate surface area is 195 Å². The van der Waals surface area contributed by atoms with Gasteiger partial charge in [-0.3, -0.25) is 14.2 Å². The van der Waals surface area contributed by atoms with E-state index >= 15 is 0 Å². The molecule has 0 saturated heterocycles. The molecule has 1 atom stereocenters. The van der Waals surface area contributed by atoms with Crippen molar-refractivity contribution in [1.82, 2.24) is 5.32 Å². The third-order valence-electron chi connectivity index (χ3n) is 4.32. The molecule has 0 heterocycles. The minimum atomic E-state index is -3.24. The van der Waals surface area contributed by atoms with E-state index in [1.807, 2.05) is 0 Å². The van der Waals surface area contributed by atoms with Crippen molar-refractivity contribution in [1.29, 1.82) is 0 Å². The summed E-state index contributed by atoms with van der Waals surface area (Å²) in [6, 6.07) is 10.8. The highest BCUT2D eigenvalue weighted by Crippen LogP contribution is 2.51. The van der Waals surface area contributed by atoms with Gasteiger partial charge in [0.05, 0.1) is 19.4 Å². The smallest absolute Gasteiger partial charge is 0.335 e. The van der Waals surface area contributed by atoms with Crippen LogP contribution in [-0.2, 0) is 31.0 Å². The zero-order valence-corrected chi connectivity index (χ0v) is 20.5. The van der Waals surface area contributed by atoms with Gasteiger partial charge in [0, 0.05) is 21.5 Å². The molecule has 0 spiro atoms. The standard InChI is InChI=1S/C21H25BrClN2O5P/c1-3-29-31(28,30-4-2)13-14-5-7-15(8-6-14)21(27)25-19(20(24)26)12-16-11-17(23)9-10-18(16)22/h5-11,19H,3-4,12-13H2,1-2H3,(H2,24,26)(H,25,27)/t19-/m0/s1. The van der Waals surface area contributed by atoms with Crippen molar-refractivity contribution in [3.05, 3.63) is 68.7 Å². The Morgan fingerprint density at radius 3 is 2.29 bits per heavy atom. The zero-order valence-electron chi connectivity index (χ0n) is 17.3. The predicted molar refractivity (Wildman–Crippen MR) is 124 cm³/mol. The molecule has 10 heteroatoms. The van der Waals surface area contributed by atoms with Gasteiger partial charge in [0.2, 0.25) is 5.91 Å². The number of rotatable bonds is 11. The highest BCUT2D eigenvalue weighted by atomic mass is 79.9. The van der Waals surface area contributed by atoms with E-state index in [0.717, 1.165) is 10.0 Å². The van der Waals surface area contributed by atoms with Gasteiger partial charge in [0.15, 0.2) is 0 Å². The number of nitrogens with two attached hydrogens (primary N) is 1. The van der Waals surface area contributed by atoms with Crippen molar-refractivity contribution in [3.8, 4) is 0 Å². The predicted octanol–water partition coefficient (Wildman–Crippen LogP) is 4.70. The molecule has 2 rings (SSSR count). The van der Waals surface area contributed by atoms with Gasteiger partial charge in [-0.25, -0.2) is 0 Å². The normalized spacial score (nSPS) is 12.4. The monoisotopic (exact) mass is 530 g/mol. The van der Waals surface area contributed by atoms with Crippen LogP contribution in [0.3, 0.4) is 0 Å². The first-order valence-electron chi connectivity index (χ1n) is 9.68. The van der Waals surface area contributed by atoms with Crippen molar-refractivity contribution >= 4 is 46.9 Å². The van der Waals surface area contributed by atoms with E-state index in [1.165, 1.54) is 0 Å². The van der Waals surface area contributed by atoms with Gasteiger partial charge in [0.1, 0.15) is 6.04 Å². The number of nitrogens with one attached hydrogen (secondary N) is 1. The average Bonchev–Trinajstić information content (AvgIpc) is 2.70. The second kappa shape index (κ2) is 11.8. The Balaban J connectivity index is 2.10. The lowest BCUT2D eigenvalue weighted by molar-refractivity contribution is -0.119. The van der Waals surface area contributed by atoms with E-state index in [-0.39, 0.29) is 25.8 Å². The number of hydrogen-bond donors (Lipinski definition) is 2. The molecule has 0 radical (unpaired) electrons. The molecule has 7 nitrogen and oxygen atoms in total. The molecule has 0 unspecified atom stereocenters. The lowest BCUT2D eigenvalue weighted by atomic mass is 10.0. The lowest BCUT2D eigenvalue weighted by Crippen LogP contribution is -2.45. The Morgan fingerprint density at radius 1 is 1.13 bits per heavy atom. The number of halogens is 2. The van der Waals surface area contributed by atoms with E-state index in [0.29, 0.717) is 16.1 Å². The molecule has 168 valence electrons. The Bertz CT molecular complexity index is 961. The van der Waals surface area contributed by atoms with Crippen LogP contribution in [0.2, 0.25) is 5.02 Å². The summed E-state index contributed by atoms with van der Waals surface area (Å²) in [7, 11) is -3.24. The Morgan fingerprint density at radius 2 is 1.74 bits per heavy atom. The second-order valence-electron chi connectivity index (χ2n) is 6.67. The van der Waals surface area contributed by atoms with Crippen molar-refractivity contribution < 1.29 is 23.2 Å². The zero-order chi connectivity index (χ0) is 23.0. The molecule has 31 heavy (non-hydrogen) atoms. The summed E-state index contributed by atoms with van der Waals surface area (Å²) in [5, 5.41) is 3.17. The quantitative estimate of drug-likeness (QED) is 0.409. The van der Waals surface area contributed by atoms with E-state index in [1.54, 1.807) is 56.3 Å². The fraction of sp³-hybridized carbons (Fsp3) is 0.333. The summed E-state index contributed by atoms with van der Waals surface area (Å²) in [6.45, 7) is 4.04. The summed E-state index contributed by atoms with van der Waals surface area (Å²) in [4.78, 5) is 24.5. The van der Waals surface area contributed by atoms with Crippen LogP contribution >= 0.6 is 35.1 Å². The second-order valence-corrected chi connectivity index (χ2v) is 10.0. The summed E-state index contributed by atoms with van der Waals surface area (Å²) in [5.41, 5.74) is 7.27. The Kier molecular flexibility index (Phi) is 9.72. The molecule has 0 saturated carbocycles. The first-order valence-corrected chi connectivity index (χ1v) is 12.6. The van der Waals surface area contributed by atoms with E-state index in [2.05, 4.69) is 21.2 Å². The van der Waals surface area contributed by atoms with E-state index in [9.17, 15) is 14.2 Å².